The van der Waals surface area contributed by atoms with Gasteiger partial charge in [-0.15, -0.1) is 0 Å². The van der Waals surface area contributed by atoms with E-state index >= 15 is 0 Å². The fourth-order valence-corrected chi connectivity index (χ4v) is 3.54. The maximum atomic E-state index is 10.8. The number of carboxylic acid groups (broad SMARTS) is 1. The minimum atomic E-state index is -0.637. The summed E-state index contributed by atoms with van der Waals surface area (Å²) >= 11 is 0. The largest absolute Gasteiger partial charge is 0.481 e. The van der Waals surface area contributed by atoms with E-state index in [1.807, 2.05) is 24.3 Å². The number of nitrogens with zero attached hydrogens (tertiary/aromatic N) is 1. The van der Waals surface area contributed by atoms with Gasteiger partial charge in [0, 0.05) is 0 Å². The lowest BCUT2D eigenvalue weighted by Crippen LogP contribution is -2.48. The lowest BCUT2D eigenvalue weighted by molar-refractivity contribution is -0.155. The first-order chi connectivity index (χ1) is 8.62. The topological polar surface area (TPSA) is 61.1 Å². The van der Waals surface area contributed by atoms with Gasteiger partial charge >= 0.3 is 5.97 Å². The van der Waals surface area contributed by atoms with Gasteiger partial charge in [0.15, 0.2) is 0 Å². The van der Waals surface area contributed by atoms with Crippen LogP contribution in [-0.4, -0.2) is 11.1 Å². The molecule has 3 nitrogen and oxygen atoms in total. The molecule has 0 unspecified atom stereocenters. The van der Waals surface area contributed by atoms with Crippen molar-refractivity contribution < 1.29 is 9.90 Å². The third-order valence-corrected chi connectivity index (χ3v) is 4.58. The predicted octanol–water partition coefficient (Wildman–Crippen LogP) is 2.92. The minimum Gasteiger partial charge on any atom is -0.481 e. The maximum absolute atomic E-state index is 10.8. The molecule has 2 aliphatic rings. The summed E-state index contributed by atoms with van der Waals surface area (Å²) in [5, 5.41) is 17.6. The zero-order valence-corrected chi connectivity index (χ0v) is 10.1. The summed E-state index contributed by atoms with van der Waals surface area (Å²) < 4.78 is 0. The third-order valence-electron chi connectivity index (χ3n) is 4.58. The monoisotopic (exact) mass is 241 g/mol. The van der Waals surface area contributed by atoms with Crippen molar-refractivity contribution in [1.29, 1.82) is 5.26 Å². The molecule has 2 fully saturated rings. The Morgan fingerprint density at radius 1 is 1.22 bits per heavy atom. The predicted molar refractivity (Wildman–Crippen MR) is 65.9 cm³/mol. The van der Waals surface area contributed by atoms with Crippen LogP contribution in [0.15, 0.2) is 24.3 Å². The van der Waals surface area contributed by atoms with E-state index in [9.17, 15) is 4.79 Å². The van der Waals surface area contributed by atoms with Crippen molar-refractivity contribution in [3.8, 4) is 6.07 Å². The number of carboxylic acids is 1. The highest BCUT2D eigenvalue weighted by atomic mass is 16.4. The molecule has 0 aromatic heterocycles. The average Bonchev–Trinajstić information content (AvgIpc) is 2.25. The van der Waals surface area contributed by atoms with Crippen LogP contribution in [0.4, 0.5) is 0 Å². The standard InChI is InChI=1S/C15H15NO2/c16-9-10-1-3-11(4-2-10)12-5-15(6-12)7-13(8-15)14(17)18/h1-4,12-13H,5-8H2,(H,17,18). The zero-order valence-electron chi connectivity index (χ0n) is 10.1. The van der Waals surface area contributed by atoms with E-state index in [0.29, 0.717) is 16.9 Å². The molecule has 92 valence electrons. The van der Waals surface area contributed by atoms with Gasteiger partial charge in [0.2, 0.25) is 0 Å². The molecule has 0 amide bonds. The fraction of sp³-hybridized carbons (Fsp3) is 0.467. The molecule has 1 spiro atoms. The Kier molecular flexibility index (Phi) is 2.41. The SMILES string of the molecule is N#Cc1ccc(C2CC3(CC(C(=O)O)C3)C2)cc1. The number of benzene rings is 1. The van der Waals surface area contributed by atoms with Gasteiger partial charge in [0.25, 0.3) is 0 Å². The van der Waals surface area contributed by atoms with Crippen molar-refractivity contribution in [3.05, 3.63) is 35.4 Å². The molecule has 18 heavy (non-hydrogen) atoms. The quantitative estimate of drug-likeness (QED) is 0.866. The van der Waals surface area contributed by atoms with Crippen molar-refractivity contribution in [1.82, 2.24) is 0 Å². The van der Waals surface area contributed by atoms with E-state index in [1.165, 1.54) is 5.56 Å². The second-order valence-electron chi connectivity index (χ2n) is 5.78. The Morgan fingerprint density at radius 3 is 2.33 bits per heavy atom. The summed E-state index contributed by atoms with van der Waals surface area (Å²) in [5.74, 6) is -0.179. The van der Waals surface area contributed by atoms with E-state index in [-0.39, 0.29) is 5.92 Å². The molecule has 1 N–H and O–H groups in total. The van der Waals surface area contributed by atoms with Gasteiger partial charge in [-0.2, -0.15) is 5.26 Å². The number of aliphatic carboxylic acids is 1. The Balaban J connectivity index is 1.59. The molecule has 1 aromatic carbocycles. The summed E-state index contributed by atoms with van der Waals surface area (Å²) in [7, 11) is 0. The summed E-state index contributed by atoms with van der Waals surface area (Å²) in [4.78, 5) is 10.8. The number of hydrogen-bond donors (Lipinski definition) is 1. The van der Waals surface area contributed by atoms with E-state index in [2.05, 4.69) is 6.07 Å². The van der Waals surface area contributed by atoms with Crippen molar-refractivity contribution in [2.24, 2.45) is 11.3 Å². The zero-order chi connectivity index (χ0) is 12.8. The van der Waals surface area contributed by atoms with E-state index in [0.717, 1.165) is 25.7 Å². The van der Waals surface area contributed by atoms with Crippen molar-refractivity contribution in [2.75, 3.05) is 0 Å². The van der Waals surface area contributed by atoms with Crippen LogP contribution in [-0.2, 0) is 4.79 Å². The van der Waals surface area contributed by atoms with Crippen LogP contribution in [0.25, 0.3) is 0 Å². The first kappa shape index (κ1) is 11.3. The minimum absolute atomic E-state index is 0.105. The number of rotatable bonds is 2. The Morgan fingerprint density at radius 2 is 1.83 bits per heavy atom. The van der Waals surface area contributed by atoms with Crippen molar-refractivity contribution in [3.63, 3.8) is 0 Å². The molecular formula is C15H15NO2. The molecule has 2 saturated carbocycles. The molecule has 1 aromatic rings. The Bertz CT molecular complexity index is 512. The molecule has 0 saturated heterocycles. The lowest BCUT2D eigenvalue weighted by Gasteiger charge is -2.57. The van der Waals surface area contributed by atoms with Crippen molar-refractivity contribution >= 4 is 5.97 Å². The highest BCUT2D eigenvalue weighted by Gasteiger charge is 2.54. The maximum Gasteiger partial charge on any atom is 0.306 e. The van der Waals surface area contributed by atoms with Crippen LogP contribution in [0.1, 0.15) is 42.7 Å². The highest BCUT2D eigenvalue weighted by molar-refractivity contribution is 5.71. The first-order valence-corrected chi connectivity index (χ1v) is 6.35. The van der Waals surface area contributed by atoms with E-state index < -0.39 is 5.97 Å². The summed E-state index contributed by atoms with van der Waals surface area (Å²) in [6, 6.07) is 9.91. The Labute approximate surface area is 106 Å². The van der Waals surface area contributed by atoms with Crippen LogP contribution < -0.4 is 0 Å². The summed E-state index contributed by atoms with van der Waals surface area (Å²) in [6.07, 6.45) is 3.94. The van der Waals surface area contributed by atoms with Gasteiger partial charge in [0.1, 0.15) is 0 Å². The van der Waals surface area contributed by atoms with Gasteiger partial charge in [-0.3, -0.25) is 4.79 Å². The average molecular weight is 241 g/mol. The van der Waals surface area contributed by atoms with Crippen LogP contribution in [0.3, 0.4) is 0 Å². The van der Waals surface area contributed by atoms with Gasteiger partial charge in [-0.05, 0) is 54.7 Å². The number of hydrogen-bond acceptors (Lipinski definition) is 2. The summed E-state index contributed by atoms with van der Waals surface area (Å²) in [5.41, 5.74) is 2.31. The van der Waals surface area contributed by atoms with E-state index in [1.54, 1.807) is 0 Å². The lowest BCUT2D eigenvalue weighted by atomic mass is 9.47. The van der Waals surface area contributed by atoms with Gasteiger partial charge in [-0.1, -0.05) is 12.1 Å². The highest BCUT2D eigenvalue weighted by Crippen LogP contribution is 2.63. The molecule has 0 radical (unpaired) electrons. The second-order valence-corrected chi connectivity index (χ2v) is 5.78. The number of carbonyl (C=O) groups is 1. The van der Waals surface area contributed by atoms with Crippen LogP contribution in [0.2, 0.25) is 0 Å². The molecule has 3 rings (SSSR count). The molecule has 0 heterocycles. The summed E-state index contributed by atoms with van der Waals surface area (Å²) in [6.45, 7) is 0. The fourth-order valence-electron chi connectivity index (χ4n) is 3.54. The van der Waals surface area contributed by atoms with E-state index in [4.69, 9.17) is 10.4 Å². The van der Waals surface area contributed by atoms with Crippen LogP contribution in [0, 0.1) is 22.7 Å². The molecule has 2 aliphatic carbocycles. The molecule has 0 aliphatic heterocycles. The molecule has 3 heteroatoms. The number of nitriles is 1. The van der Waals surface area contributed by atoms with Gasteiger partial charge < -0.3 is 5.11 Å². The smallest absolute Gasteiger partial charge is 0.306 e. The molecule has 0 atom stereocenters. The van der Waals surface area contributed by atoms with Crippen molar-refractivity contribution in [2.45, 2.75) is 31.6 Å². The normalized spacial score (nSPS) is 33.3. The van der Waals surface area contributed by atoms with Gasteiger partial charge in [0.05, 0.1) is 17.6 Å². The second kappa shape index (κ2) is 3.84. The molecule has 0 bridgehead atoms. The van der Waals surface area contributed by atoms with Crippen LogP contribution >= 0.6 is 0 Å². The van der Waals surface area contributed by atoms with Crippen LogP contribution in [0.5, 0.6) is 0 Å². The first-order valence-electron chi connectivity index (χ1n) is 6.35. The van der Waals surface area contributed by atoms with Gasteiger partial charge in [-0.25, -0.2) is 0 Å². The molecular weight excluding hydrogens is 226 g/mol. The Hall–Kier alpha value is -1.82. The third kappa shape index (κ3) is 1.69.